The number of hydrogen-bond acceptors (Lipinski definition) is 2. The molecule has 0 atom stereocenters. The summed E-state index contributed by atoms with van der Waals surface area (Å²) in [6.45, 7) is 2.02. The summed E-state index contributed by atoms with van der Waals surface area (Å²) in [5.74, 6) is 0. The molecule has 72 valence electrons. The summed E-state index contributed by atoms with van der Waals surface area (Å²) in [6.07, 6.45) is 4.12. The van der Waals surface area contributed by atoms with E-state index >= 15 is 0 Å². The molecule has 1 heterocycles. The number of thiazole rings is 1. The fourth-order valence-electron chi connectivity index (χ4n) is 1.20. The molecule has 1 aromatic carbocycles. The second-order valence-electron chi connectivity index (χ2n) is 3.04. The van der Waals surface area contributed by atoms with Gasteiger partial charge in [0.2, 0.25) is 0 Å². The van der Waals surface area contributed by atoms with Crippen LogP contribution in [0.3, 0.4) is 0 Å². The normalized spacial score (nSPS) is 10.2. The molecule has 0 radical (unpaired) electrons. The number of aryl methyl sites for hydroxylation is 1. The van der Waals surface area contributed by atoms with Gasteiger partial charge in [-0.2, -0.15) is 0 Å². The molecule has 2 rings (SSSR count). The molecule has 3 heteroatoms. The molecular weight excluding hydrogens is 213 g/mol. The van der Waals surface area contributed by atoms with Crippen LogP contribution in [0.25, 0.3) is 12.2 Å². The average Bonchev–Trinajstić information content (AvgIpc) is 2.63. The van der Waals surface area contributed by atoms with Gasteiger partial charge in [0.05, 0.1) is 10.7 Å². The number of aromatic nitrogens is 1. The van der Waals surface area contributed by atoms with Crippen molar-refractivity contribution in [1.82, 2.24) is 4.98 Å². The van der Waals surface area contributed by atoms with E-state index in [1.807, 2.05) is 31.2 Å². The third-order valence-corrected chi connectivity index (χ3v) is 2.67. The van der Waals surface area contributed by atoms with Gasteiger partial charge >= 0.3 is 29.6 Å². The smallest absolute Gasteiger partial charge is 1.00 e. The van der Waals surface area contributed by atoms with Crippen molar-refractivity contribution in [2.24, 2.45) is 0 Å². The number of hydrogen-bond donors (Lipinski definition) is 0. The van der Waals surface area contributed by atoms with Crippen LogP contribution in [0.5, 0.6) is 0 Å². The molecule has 0 aliphatic carbocycles. The summed E-state index contributed by atoms with van der Waals surface area (Å²) in [5.41, 5.74) is 2.24. The fraction of sp³-hybridized carbons (Fsp3) is 0.0833. The van der Waals surface area contributed by atoms with Gasteiger partial charge < -0.3 is 1.43 Å². The molecular formula is C12H12NNaS. The molecule has 0 bridgehead atoms. The van der Waals surface area contributed by atoms with Crippen molar-refractivity contribution in [3.63, 3.8) is 0 Å². The molecule has 1 aromatic heterocycles. The Morgan fingerprint density at radius 1 is 1.20 bits per heavy atom. The molecule has 0 saturated heterocycles. The molecule has 0 spiro atoms. The van der Waals surface area contributed by atoms with Crippen LogP contribution in [-0.4, -0.2) is 4.98 Å². The molecule has 1 nitrogen and oxygen atoms in total. The van der Waals surface area contributed by atoms with Gasteiger partial charge in [0.1, 0.15) is 0 Å². The van der Waals surface area contributed by atoms with Crippen LogP contribution in [0.1, 0.15) is 17.7 Å². The minimum atomic E-state index is 0. The minimum absolute atomic E-state index is 0. The van der Waals surface area contributed by atoms with Crippen molar-refractivity contribution >= 4 is 23.5 Å². The third kappa shape index (κ3) is 3.92. The zero-order valence-corrected chi connectivity index (χ0v) is 11.8. The summed E-state index contributed by atoms with van der Waals surface area (Å²) in [6, 6.07) is 10.2. The first kappa shape index (κ1) is 12.7. The third-order valence-electron chi connectivity index (χ3n) is 1.88. The Morgan fingerprint density at radius 2 is 1.93 bits per heavy atom. The van der Waals surface area contributed by atoms with Gasteiger partial charge in [0.25, 0.3) is 0 Å². The van der Waals surface area contributed by atoms with Gasteiger partial charge in [-0.25, -0.2) is 4.98 Å². The molecule has 2 aromatic rings. The Morgan fingerprint density at radius 3 is 2.53 bits per heavy atom. The summed E-state index contributed by atoms with van der Waals surface area (Å²) in [4.78, 5) is 4.36. The second kappa shape index (κ2) is 6.23. The van der Waals surface area contributed by atoms with Crippen molar-refractivity contribution in [3.05, 3.63) is 52.0 Å². The Balaban J connectivity index is 0.00000112. The molecule has 0 aliphatic rings. The van der Waals surface area contributed by atoms with Crippen LogP contribution in [0.15, 0.2) is 35.7 Å². The molecule has 0 N–H and O–H groups in total. The summed E-state index contributed by atoms with van der Waals surface area (Å²) in [7, 11) is 0. The molecule has 0 unspecified atom stereocenters. The van der Waals surface area contributed by atoms with E-state index in [1.54, 1.807) is 11.3 Å². The zero-order chi connectivity index (χ0) is 9.80. The Kier molecular flexibility index (Phi) is 5.26. The largest absolute Gasteiger partial charge is 1.00 e. The van der Waals surface area contributed by atoms with Crippen molar-refractivity contribution < 1.29 is 31.0 Å². The maximum absolute atomic E-state index is 4.36. The molecule has 0 amide bonds. The maximum atomic E-state index is 4.36. The van der Waals surface area contributed by atoms with Gasteiger partial charge in [-0.15, -0.1) is 11.3 Å². The first-order chi connectivity index (χ1) is 6.84. The van der Waals surface area contributed by atoms with Gasteiger partial charge in [0, 0.05) is 5.38 Å². The second-order valence-corrected chi connectivity index (χ2v) is 4.10. The van der Waals surface area contributed by atoms with Gasteiger partial charge in [-0.3, -0.25) is 0 Å². The van der Waals surface area contributed by atoms with E-state index in [-0.39, 0.29) is 31.0 Å². The summed E-state index contributed by atoms with van der Waals surface area (Å²) < 4.78 is 0. The molecule has 0 aliphatic heterocycles. The van der Waals surface area contributed by atoms with E-state index in [2.05, 4.69) is 28.6 Å². The van der Waals surface area contributed by atoms with Crippen LogP contribution in [-0.2, 0) is 0 Å². The van der Waals surface area contributed by atoms with E-state index in [4.69, 9.17) is 0 Å². The van der Waals surface area contributed by atoms with Crippen molar-refractivity contribution in [3.8, 4) is 0 Å². The van der Waals surface area contributed by atoms with Crippen LogP contribution in [0, 0.1) is 6.92 Å². The maximum Gasteiger partial charge on any atom is 1.00 e. The van der Waals surface area contributed by atoms with E-state index in [0.717, 1.165) is 10.7 Å². The van der Waals surface area contributed by atoms with Crippen molar-refractivity contribution in [1.29, 1.82) is 0 Å². The van der Waals surface area contributed by atoms with E-state index in [9.17, 15) is 0 Å². The quantitative estimate of drug-likeness (QED) is 0.687. The Labute approximate surface area is 118 Å². The van der Waals surface area contributed by atoms with E-state index in [1.165, 1.54) is 5.56 Å². The SMILES string of the molecule is Cc1nc(/C=C/c2ccccc2)cs1.[H-].[Na+]. The first-order valence-corrected chi connectivity index (χ1v) is 5.38. The van der Waals surface area contributed by atoms with Crippen molar-refractivity contribution in [2.45, 2.75) is 6.92 Å². The number of nitrogens with zero attached hydrogens (tertiary/aromatic N) is 1. The van der Waals surface area contributed by atoms with Crippen LogP contribution >= 0.6 is 11.3 Å². The minimum Gasteiger partial charge on any atom is -1.00 e. The van der Waals surface area contributed by atoms with E-state index in [0.29, 0.717) is 0 Å². The topological polar surface area (TPSA) is 12.9 Å². The van der Waals surface area contributed by atoms with Gasteiger partial charge in [0.15, 0.2) is 0 Å². The average molecular weight is 225 g/mol. The predicted octanol–water partition coefficient (Wildman–Crippen LogP) is 0.738. The van der Waals surface area contributed by atoms with Crippen LogP contribution in [0.4, 0.5) is 0 Å². The van der Waals surface area contributed by atoms with Crippen LogP contribution < -0.4 is 29.6 Å². The molecule has 0 fully saturated rings. The number of benzene rings is 1. The first-order valence-electron chi connectivity index (χ1n) is 4.50. The summed E-state index contributed by atoms with van der Waals surface area (Å²) >= 11 is 1.68. The summed E-state index contributed by atoms with van der Waals surface area (Å²) in [5, 5.41) is 3.17. The molecule has 15 heavy (non-hydrogen) atoms. The monoisotopic (exact) mass is 225 g/mol. The van der Waals surface area contributed by atoms with Crippen LogP contribution in [0.2, 0.25) is 0 Å². The van der Waals surface area contributed by atoms with Crippen molar-refractivity contribution in [2.75, 3.05) is 0 Å². The van der Waals surface area contributed by atoms with Gasteiger partial charge in [-0.05, 0) is 18.6 Å². The molecule has 0 saturated carbocycles. The number of rotatable bonds is 2. The van der Waals surface area contributed by atoms with Gasteiger partial charge in [-0.1, -0.05) is 36.4 Å². The van der Waals surface area contributed by atoms with E-state index < -0.39 is 0 Å². The Hall–Kier alpha value is -0.410. The zero-order valence-electron chi connectivity index (χ0n) is 9.97. The predicted molar refractivity (Wildman–Crippen MR) is 63.3 cm³/mol. The standard InChI is InChI=1S/C12H11NS.Na.H/c1-10-13-12(9-14-10)8-7-11-5-3-2-4-6-11;;/h2-9H,1H3;;/q;+1;-1/b8-7+;;. The Bertz CT molecular complexity index is 439. The fourth-order valence-corrected chi connectivity index (χ4v) is 1.78.